The Balaban J connectivity index is 2.10. The SMILES string of the molecule is CC(C)c1c(-c2ccc(Cl)cc2)n(COCc2ccccc2)c(=O)n(O)c1=O. The van der Waals surface area contributed by atoms with E-state index in [0.29, 0.717) is 21.8 Å². The first kappa shape index (κ1) is 19.9. The first-order chi connectivity index (χ1) is 13.4. The minimum absolute atomic E-state index is 0.119. The third-order valence-electron chi connectivity index (χ3n) is 4.39. The van der Waals surface area contributed by atoms with Crippen molar-refractivity contribution in [2.24, 2.45) is 0 Å². The Labute approximate surface area is 167 Å². The zero-order valence-electron chi connectivity index (χ0n) is 15.6. The van der Waals surface area contributed by atoms with Crippen LogP contribution in [0.2, 0.25) is 5.02 Å². The quantitative estimate of drug-likeness (QED) is 0.637. The molecule has 0 fully saturated rings. The Morgan fingerprint density at radius 3 is 2.29 bits per heavy atom. The van der Waals surface area contributed by atoms with Gasteiger partial charge in [-0.25, -0.2) is 4.79 Å². The highest BCUT2D eigenvalue weighted by molar-refractivity contribution is 6.30. The van der Waals surface area contributed by atoms with Crippen LogP contribution in [0.15, 0.2) is 64.2 Å². The molecule has 0 saturated heterocycles. The van der Waals surface area contributed by atoms with E-state index in [4.69, 9.17) is 16.3 Å². The van der Waals surface area contributed by atoms with Gasteiger partial charge in [0.15, 0.2) is 0 Å². The number of halogens is 1. The maximum absolute atomic E-state index is 12.6. The first-order valence-electron chi connectivity index (χ1n) is 8.86. The van der Waals surface area contributed by atoms with E-state index in [0.717, 1.165) is 5.56 Å². The molecule has 0 aliphatic rings. The van der Waals surface area contributed by atoms with E-state index in [1.54, 1.807) is 24.3 Å². The molecule has 2 aromatic carbocycles. The molecule has 0 spiro atoms. The molecule has 6 nitrogen and oxygen atoms in total. The Bertz CT molecular complexity index is 1070. The highest BCUT2D eigenvalue weighted by atomic mass is 35.5. The summed E-state index contributed by atoms with van der Waals surface area (Å²) in [5, 5.41) is 10.6. The maximum atomic E-state index is 12.6. The number of benzene rings is 2. The van der Waals surface area contributed by atoms with Crippen LogP contribution in [0.4, 0.5) is 0 Å². The lowest BCUT2D eigenvalue weighted by molar-refractivity contribution is 0.0531. The van der Waals surface area contributed by atoms with Gasteiger partial charge in [0.2, 0.25) is 0 Å². The van der Waals surface area contributed by atoms with Gasteiger partial charge in [-0.15, -0.1) is 0 Å². The molecule has 0 aliphatic heterocycles. The number of hydrogen-bond donors (Lipinski definition) is 1. The lowest BCUT2D eigenvalue weighted by Gasteiger charge is -2.19. The fourth-order valence-electron chi connectivity index (χ4n) is 3.05. The third-order valence-corrected chi connectivity index (χ3v) is 4.64. The van der Waals surface area contributed by atoms with Crippen molar-refractivity contribution in [3.05, 3.63) is 91.6 Å². The number of ether oxygens (including phenoxy) is 1. The number of hydrogen-bond acceptors (Lipinski definition) is 4. The third kappa shape index (κ3) is 4.03. The predicted octanol–water partition coefficient (Wildman–Crippen LogP) is 3.87. The fourth-order valence-corrected chi connectivity index (χ4v) is 3.17. The van der Waals surface area contributed by atoms with Gasteiger partial charge in [0.25, 0.3) is 5.56 Å². The minimum atomic E-state index is -0.854. The van der Waals surface area contributed by atoms with Gasteiger partial charge in [-0.2, -0.15) is 0 Å². The van der Waals surface area contributed by atoms with E-state index in [1.165, 1.54) is 4.57 Å². The molecule has 0 saturated carbocycles. The van der Waals surface area contributed by atoms with E-state index in [-0.39, 0.29) is 24.0 Å². The lowest BCUT2D eigenvalue weighted by Crippen LogP contribution is -2.42. The summed E-state index contributed by atoms with van der Waals surface area (Å²) in [7, 11) is 0. The van der Waals surface area contributed by atoms with Crippen molar-refractivity contribution in [2.45, 2.75) is 33.1 Å². The molecule has 146 valence electrons. The highest BCUT2D eigenvalue weighted by Gasteiger charge is 2.22. The largest absolute Gasteiger partial charge is 0.421 e. The highest BCUT2D eigenvalue weighted by Crippen LogP contribution is 2.27. The van der Waals surface area contributed by atoms with Crippen LogP contribution in [0, 0.1) is 0 Å². The molecule has 0 radical (unpaired) electrons. The van der Waals surface area contributed by atoms with E-state index in [9.17, 15) is 14.8 Å². The van der Waals surface area contributed by atoms with Gasteiger partial charge in [0.1, 0.15) is 6.73 Å². The molecule has 0 unspecified atom stereocenters. The second kappa shape index (κ2) is 8.46. The van der Waals surface area contributed by atoms with E-state index < -0.39 is 11.2 Å². The van der Waals surface area contributed by atoms with Gasteiger partial charge in [-0.05, 0) is 29.2 Å². The Morgan fingerprint density at radius 2 is 1.68 bits per heavy atom. The average molecular weight is 401 g/mol. The van der Waals surface area contributed by atoms with Crippen LogP contribution < -0.4 is 11.2 Å². The van der Waals surface area contributed by atoms with Crippen molar-refractivity contribution in [1.82, 2.24) is 9.30 Å². The maximum Gasteiger partial charge on any atom is 0.366 e. The molecule has 1 aromatic heterocycles. The van der Waals surface area contributed by atoms with Crippen LogP contribution in [0.1, 0.15) is 30.9 Å². The summed E-state index contributed by atoms with van der Waals surface area (Å²) >= 11 is 5.98. The standard InChI is InChI=1S/C21H21ClN2O4/c1-14(2)18-19(16-8-10-17(22)11-9-16)23(21(26)24(27)20(18)25)13-28-12-15-6-4-3-5-7-15/h3-11,14,27H,12-13H2,1-2H3. The van der Waals surface area contributed by atoms with Gasteiger partial charge >= 0.3 is 5.69 Å². The Kier molecular flexibility index (Phi) is 6.02. The van der Waals surface area contributed by atoms with Crippen LogP contribution in [0.25, 0.3) is 11.3 Å². The summed E-state index contributed by atoms with van der Waals surface area (Å²) in [5.41, 5.74) is 0.751. The predicted molar refractivity (Wildman–Crippen MR) is 108 cm³/mol. The zero-order chi connectivity index (χ0) is 20.3. The molecule has 28 heavy (non-hydrogen) atoms. The average Bonchev–Trinajstić information content (AvgIpc) is 2.69. The smallest absolute Gasteiger partial charge is 0.366 e. The van der Waals surface area contributed by atoms with Crippen molar-refractivity contribution in [3.63, 3.8) is 0 Å². The van der Waals surface area contributed by atoms with E-state index in [2.05, 4.69) is 0 Å². The van der Waals surface area contributed by atoms with Crippen molar-refractivity contribution in [3.8, 4) is 11.3 Å². The van der Waals surface area contributed by atoms with Crippen LogP contribution in [0.5, 0.6) is 0 Å². The van der Waals surface area contributed by atoms with Crippen LogP contribution >= 0.6 is 11.6 Å². The van der Waals surface area contributed by atoms with Crippen LogP contribution in [-0.4, -0.2) is 14.5 Å². The molecule has 0 amide bonds. The topological polar surface area (TPSA) is 73.5 Å². The van der Waals surface area contributed by atoms with Gasteiger partial charge in [0, 0.05) is 10.6 Å². The van der Waals surface area contributed by atoms with Crippen molar-refractivity contribution in [1.29, 1.82) is 0 Å². The molecular formula is C21H21ClN2O4. The van der Waals surface area contributed by atoms with Crippen molar-refractivity contribution < 1.29 is 9.94 Å². The Hall–Kier alpha value is -2.83. The molecule has 0 bridgehead atoms. The van der Waals surface area contributed by atoms with Gasteiger partial charge < -0.3 is 9.94 Å². The van der Waals surface area contributed by atoms with Gasteiger partial charge in [0.05, 0.1) is 12.3 Å². The van der Waals surface area contributed by atoms with Gasteiger partial charge in [-0.1, -0.05) is 72.6 Å². The summed E-state index contributed by atoms with van der Waals surface area (Å²) in [6, 6.07) is 16.4. The monoisotopic (exact) mass is 400 g/mol. The molecular weight excluding hydrogens is 380 g/mol. The molecule has 3 rings (SSSR count). The van der Waals surface area contributed by atoms with E-state index >= 15 is 0 Å². The number of rotatable bonds is 6. The van der Waals surface area contributed by atoms with Crippen molar-refractivity contribution in [2.75, 3.05) is 0 Å². The normalized spacial score (nSPS) is 11.1. The minimum Gasteiger partial charge on any atom is -0.421 e. The summed E-state index contributed by atoms with van der Waals surface area (Å²) in [6.07, 6.45) is 0. The second-order valence-corrected chi connectivity index (χ2v) is 7.15. The Morgan fingerprint density at radius 1 is 1.04 bits per heavy atom. The number of nitrogens with zero attached hydrogens (tertiary/aromatic N) is 2. The van der Waals surface area contributed by atoms with Gasteiger partial charge in [-0.3, -0.25) is 9.36 Å². The summed E-state index contributed by atoms with van der Waals surface area (Å²) < 4.78 is 7.12. The summed E-state index contributed by atoms with van der Waals surface area (Å²) in [5.74, 6) is -0.224. The summed E-state index contributed by atoms with van der Waals surface area (Å²) in [4.78, 5) is 25.2. The molecule has 1 heterocycles. The molecule has 0 aliphatic carbocycles. The lowest BCUT2D eigenvalue weighted by atomic mass is 9.98. The van der Waals surface area contributed by atoms with Crippen LogP contribution in [0.3, 0.4) is 0 Å². The first-order valence-corrected chi connectivity index (χ1v) is 9.24. The zero-order valence-corrected chi connectivity index (χ0v) is 16.4. The van der Waals surface area contributed by atoms with Crippen LogP contribution in [-0.2, 0) is 18.1 Å². The van der Waals surface area contributed by atoms with Crippen molar-refractivity contribution >= 4 is 11.6 Å². The molecule has 3 aromatic rings. The fraction of sp³-hybridized carbons (Fsp3) is 0.238. The molecule has 7 heteroatoms. The molecule has 1 N–H and O–H groups in total. The molecule has 0 atom stereocenters. The summed E-state index contributed by atoms with van der Waals surface area (Å²) in [6.45, 7) is 3.83. The second-order valence-electron chi connectivity index (χ2n) is 6.71. The van der Waals surface area contributed by atoms with E-state index in [1.807, 2.05) is 44.2 Å². The number of aromatic nitrogens is 2.